The van der Waals surface area contributed by atoms with Crippen LogP contribution in [0.25, 0.3) is 10.9 Å². The Morgan fingerprint density at radius 1 is 1.32 bits per heavy atom. The van der Waals surface area contributed by atoms with Gasteiger partial charge in [-0.25, -0.2) is 0 Å². The minimum atomic E-state index is 0.306. The van der Waals surface area contributed by atoms with Gasteiger partial charge in [-0.3, -0.25) is 4.79 Å². The van der Waals surface area contributed by atoms with Crippen molar-refractivity contribution in [1.82, 2.24) is 14.8 Å². The van der Waals surface area contributed by atoms with Crippen LogP contribution in [-0.4, -0.2) is 53.4 Å². The van der Waals surface area contributed by atoms with E-state index >= 15 is 0 Å². The average Bonchev–Trinajstić information content (AvgIpc) is 2.90. The molecule has 1 fully saturated rings. The van der Waals surface area contributed by atoms with Crippen LogP contribution in [-0.2, 0) is 11.2 Å². The molecule has 1 aromatic heterocycles. The van der Waals surface area contributed by atoms with Crippen molar-refractivity contribution in [3.63, 3.8) is 0 Å². The van der Waals surface area contributed by atoms with Crippen LogP contribution in [0.2, 0.25) is 0 Å². The summed E-state index contributed by atoms with van der Waals surface area (Å²) in [5.41, 5.74) is 2.49. The van der Waals surface area contributed by atoms with Gasteiger partial charge in [0.2, 0.25) is 5.91 Å². The highest BCUT2D eigenvalue weighted by atomic mass is 16.2. The first-order valence-electron chi connectivity index (χ1n) is 8.18. The number of nitrogens with one attached hydrogen (secondary N) is 1. The maximum absolute atomic E-state index is 12.4. The Hall–Kier alpha value is -1.81. The molecule has 0 radical (unpaired) electrons. The van der Waals surface area contributed by atoms with Crippen LogP contribution in [0.3, 0.4) is 0 Å². The summed E-state index contributed by atoms with van der Waals surface area (Å²) in [6.07, 6.45) is 4.60. The summed E-state index contributed by atoms with van der Waals surface area (Å²) in [4.78, 5) is 20.1. The monoisotopic (exact) mass is 299 g/mol. The zero-order valence-electron chi connectivity index (χ0n) is 13.5. The molecule has 22 heavy (non-hydrogen) atoms. The van der Waals surface area contributed by atoms with Crippen molar-refractivity contribution in [2.75, 3.05) is 26.7 Å². The second-order valence-electron chi connectivity index (χ2n) is 6.41. The predicted molar refractivity (Wildman–Crippen MR) is 89.9 cm³/mol. The number of aryl methyl sites for hydroxylation is 1. The zero-order valence-corrected chi connectivity index (χ0v) is 13.5. The van der Waals surface area contributed by atoms with Crippen molar-refractivity contribution in [1.29, 1.82) is 0 Å². The molecule has 1 aliphatic rings. The number of carbonyl (C=O) groups excluding carboxylic acids is 1. The van der Waals surface area contributed by atoms with E-state index in [4.69, 9.17) is 0 Å². The molecule has 0 unspecified atom stereocenters. The van der Waals surface area contributed by atoms with E-state index in [1.54, 1.807) is 0 Å². The summed E-state index contributed by atoms with van der Waals surface area (Å²) >= 11 is 0. The second kappa shape index (κ2) is 6.53. The summed E-state index contributed by atoms with van der Waals surface area (Å²) in [5, 5.41) is 1.28. The number of hydrogen-bond donors (Lipinski definition) is 1. The normalized spacial score (nSPS) is 19.7. The van der Waals surface area contributed by atoms with E-state index in [0.717, 1.165) is 32.5 Å². The van der Waals surface area contributed by atoms with Crippen LogP contribution in [0.1, 0.15) is 25.3 Å². The van der Waals surface area contributed by atoms with Crippen LogP contribution in [0, 0.1) is 0 Å². The molecule has 1 amide bonds. The van der Waals surface area contributed by atoms with Crippen molar-refractivity contribution < 1.29 is 4.79 Å². The quantitative estimate of drug-likeness (QED) is 0.942. The lowest BCUT2D eigenvalue weighted by Crippen LogP contribution is -2.52. The SMILES string of the molecule is C[C@@H]1CN(C)CCN1C(=O)CCCc1c[nH]c2ccccc12. The Kier molecular flexibility index (Phi) is 4.48. The number of piperazine rings is 1. The number of likely N-dealkylation sites (N-methyl/N-ethyl adjacent to an activating group) is 1. The van der Waals surface area contributed by atoms with E-state index in [9.17, 15) is 4.79 Å². The van der Waals surface area contributed by atoms with Crippen LogP contribution < -0.4 is 0 Å². The standard InChI is InChI=1S/C18H25N3O/c1-14-13-20(2)10-11-21(14)18(22)9-5-6-15-12-19-17-8-4-3-7-16(15)17/h3-4,7-8,12,14,19H,5-6,9-11,13H2,1-2H3/t14-/m1/s1. The number of benzene rings is 1. The molecule has 2 aromatic rings. The van der Waals surface area contributed by atoms with Gasteiger partial charge < -0.3 is 14.8 Å². The molecule has 118 valence electrons. The molecular formula is C18H25N3O. The fourth-order valence-corrected chi connectivity index (χ4v) is 3.42. The van der Waals surface area contributed by atoms with Gasteiger partial charge in [-0.15, -0.1) is 0 Å². The Labute approximate surface area is 132 Å². The molecule has 0 saturated carbocycles. The fraction of sp³-hybridized carbons (Fsp3) is 0.500. The Bertz CT molecular complexity index is 649. The van der Waals surface area contributed by atoms with Crippen LogP contribution in [0.5, 0.6) is 0 Å². The van der Waals surface area contributed by atoms with Gasteiger partial charge in [0, 0.05) is 49.2 Å². The number of amides is 1. The van der Waals surface area contributed by atoms with Crippen LogP contribution in [0.15, 0.2) is 30.5 Å². The molecule has 0 bridgehead atoms. The smallest absolute Gasteiger partial charge is 0.222 e. The van der Waals surface area contributed by atoms with Crippen molar-refractivity contribution in [2.24, 2.45) is 0 Å². The maximum atomic E-state index is 12.4. The lowest BCUT2D eigenvalue weighted by atomic mass is 10.1. The number of fused-ring (bicyclic) bond motifs is 1. The second-order valence-corrected chi connectivity index (χ2v) is 6.41. The number of rotatable bonds is 4. The summed E-state index contributed by atoms with van der Waals surface area (Å²) < 4.78 is 0. The predicted octanol–water partition coefficient (Wildman–Crippen LogP) is 2.65. The van der Waals surface area contributed by atoms with Gasteiger partial charge in [0.05, 0.1) is 0 Å². The maximum Gasteiger partial charge on any atom is 0.222 e. The highest BCUT2D eigenvalue weighted by Crippen LogP contribution is 2.20. The molecule has 1 aromatic carbocycles. The zero-order chi connectivity index (χ0) is 15.5. The van der Waals surface area contributed by atoms with Gasteiger partial charge in [-0.2, -0.15) is 0 Å². The molecular weight excluding hydrogens is 274 g/mol. The molecule has 1 saturated heterocycles. The fourth-order valence-electron chi connectivity index (χ4n) is 3.42. The topological polar surface area (TPSA) is 39.3 Å². The number of hydrogen-bond acceptors (Lipinski definition) is 2. The Balaban J connectivity index is 1.53. The number of aromatic amines is 1. The van der Waals surface area contributed by atoms with Gasteiger partial charge in [0.15, 0.2) is 0 Å². The summed E-state index contributed by atoms with van der Waals surface area (Å²) in [6.45, 7) is 4.98. The molecule has 0 aliphatic carbocycles. The molecule has 4 nitrogen and oxygen atoms in total. The Morgan fingerprint density at radius 3 is 2.95 bits per heavy atom. The van der Waals surface area contributed by atoms with Gasteiger partial charge >= 0.3 is 0 Å². The van der Waals surface area contributed by atoms with E-state index in [1.807, 2.05) is 6.07 Å². The third-order valence-corrected chi connectivity index (χ3v) is 4.66. The van der Waals surface area contributed by atoms with Gasteiger partial charge in [-0.1, -0.05) is 18.2 Å². The van der Waals surface area contributed by atoms with E-state index < -0.39 is 0 Å². The molecule has 1 N–H and O–H groups in total. The third kappa shape index (κ3) is 3.17. The van der Waals surface area contributed by atoms with E-state index in [1.165, 1.54) is 16.5 Å². The first-order chi connectivity index (χ1) is 10.6. The van der Waals surface area contributed by atoms with E-state index in [-0.39, 0.29) is 0 Å². The molecule has 2 heterocycles. The summed E-state index contributed by atoms with van der Waals surface area (Å²) in [7, 11) is 2.12. The average molecular weight is 299 g/mol. The first-order valence-corrected chi connectivity index (χ1v) is 8.18. The number of nitrogens with zero attached hydrogens (tertiary/aromatic N) is 2. The van der Waals surface area contributed by atoms with Gasteiger partial charge in [0.25, 0.3) is 0 Å². The lowest BCUT2D eigenvalue weighted by molar-refractivity contribution is -0.135. The van der Waals surface area contributed by atoms with E-state index in [0.29, 0.717) is 18.4 Å². The Morgan fingerprint density at radius 2 is 2.14 bits per heavy atom. The number of carbonyl (C=O) groups is 1. The summed E-state index contributed by atoms with van der Waals surface area (Å²) in [5.74, 6) is 0.306. The molecule has 3 rings (SSSR count). The summed E-state index contributed by atoms with van der Waals surface area (Å²) in [6, 6.07) is 8.68. The minimum Gasteiger partial charge on any atom is -0.361 e. The molecule has 0 spiro atoms. The third-order valence-electron chi connectivity index (χ3n) is 4.66. The van der Waals surface area contributed by atoms with Gasteiger partial charge in [0.1, 0.15) is 0 Å². The van der Waals surface area contributed by atoms with Crippen LogP contribution in [0.4, 0.5) is 0 Å². The number of para-hydroxylation sites is 1. The van der Waals surface area contributed by atoms with Crippen molar-refractivity contribution in [3.05, 3.63) is 36.0 Å². The van der Waals surface area contributed by atoms with Crippen molar-refractivity contribution in [3.8, 4) is 0 Å². The number of aromatic nitrogens is 1. The highest BCUT2D eigenvalue weighted by molar-refractivity contribution is 5.83. The molecule has 1 aliphatic heterocycles. The molecule has 4 heteroatoms. The van der Waals surface area contributed by atoms with Gasteiger partial charge in [-0.05, 0) is 38.4 Å². The van der Waals surface area contributed by atoms with Crippen molar-refractivity contribution >= 4 is 16.8 Å². The lowest BCUT2D eigenvalue weighted by Gasteiger charge is -2.38. The van der Waals surface area contributed by atoms with Crippen LogP contribution >= 0.6 is 0 Å². The molecule has 1 atom stereocenters. The minimum absolute atomic E-state index is 0.306. The van der Waals surface area contributed by atoms with E-state index in [2.05, 4.69) is 53.2 Å². The van der Waals surface area contributed by atoms with Crippen molar-refractivity contribution in [2.45, 2.75) is 32.2 Å². The number of H-pyrrole nitrogens is 1. The highest BCUT2D eigenvalue weighted by Gasteiger charge is 2.25. The first kappa shape index (κ1) is 15.1. The largest absolute Gasteiger partial charge is 0.361 e.